The number of halogens is 2. The first-order valence-corrected chi connectivity index (χ1v) is 8.44. The first kappa shape index (κ1) is 17.0. The van der Waals surface area contributed by atoms with Gasteiger partial charge < -0.3 is 14.2 Å². The van der Waals surface area contributed by atoms with Crippen molar-refractivity contribution < 1.29 is 14.1 Å². The summed E-state index contributed by atoms with van der Waals surface area (Å²) in [4.78, 5) is 18.4. The summed E-state index contributed by atoms with van der Waals surface area (Å²) < 4.78 is 10.7. The molecular weight excluding hydrogens is 353 g/mol. The molecule has 0 saturated carbocycles. The quantitative estimate of drug-likeness (QED) is 0.824. The molecule has 1 saturated heterocycles. The number of hydrogen-bond donors (Lipinski definition) is 0. The van der Waals surface area contributed by atoms with E-state index < -0.39 is 0 Å². The average Bonchev–Trinajstić information content (AvgIpc) is 3.00. The van der Waals surface area contributed by atoms with E-state index in [2.05, 4.69) is 10.1 Å². The largest absolute Gasteiger partial charge is 0.482 e. The minimum absolute atomic E-state index is 0.0722. The predicted molar refractivity (Wildman–Crippen MR) is 89.5 cm³/mol. The van der Waals surface area contributed by atoms with Gasteiger partial charge in [0.05, 0.1) is 10.9 Å². The molecule has 1 aliphatic rings. The van der Waals surface area contributed by atoms with E-state index in [-0.39, 0.29) is 18.4 Å². The zero-order valence-corrected chi connectivity index (χ0v) is 14.7. The lowest BCUT2D eigenvalue weighted by atomic mass is 9.98. The summed E-state index contributed by atoms with van der Waals surface area (Å²) in [5.74, 6) is 1.61. The lowest BCUT2D eigenvalue weighted by Crippen LogP contribution is -2.41. The molecule has 128 valence electrons. The van der Waals surface area contributed by atoms with E-state index in [9.17, 15) is 4.79 Å². The van der Waals surface area contributed by atoms with Crippen LogP contribution in [0.25, 0.3) is 0 Å². The van der Waals surface area contributed by atoms with E-state index in [0.29, 0.717) is 40.6 Å². The summed E-state index contributed by atoms with van der Waals surface area (Å²) in [6.07, 6.45) is 1.81. The van der Waals surface area contributed by atoms with Crippen LogP contribution >= 0.6 is 23.2 Å². The fraction of sp³-hybridized carbons (Fsp3) is 0.438. The Labute approximate surface area is 149 Å². The zero-order valence-electron chi connectivity index (χ0n) is 13.2. The molecule has 8 heteroatoms. The van der Waals surface area contributed by atoms with Crippen LogP contribution in [0.3, 0.4) is 0 Å². The van der Waals surface area contributed by atoms with Crippen molar-refractivity contribution in [2.75, 3.05) is 19.7 Å². The highest BCUT2D eigenvalue weighted by atomic mass is 35.5. The molecule has 2 heterocycles. The Kier molecular flexibility index (Phi) is 5.26. The minimum Gasteiger partial charge on any atom is -0.482 e. The topological polar surface area (TPSA) is 68.5 Å². The molecule has 0 aliphatic carbocycles. The van der Waals surface area contributed by atoms with E-state index in [4.69, 9.17) is 32.5 Å². The van der Waals surface area contributed by atoms with Gasteiger partial charge in [-0.15, -0.1) is 0 Å². The second-order valence-corrected chi connectivity index (χ2v) is 6.57. The van der Waals surface area contributed by atoms with Crippen molar-refractivity contribution in [2.24, 2.45) is 0 Å². The van der Waals surface area contributed by atoms with Crippen molar-refractivity contribution in [3.63, 3.8) is 0 Å². The number of nitrogens with zero attached hydrogens (tertiary/aromatic N) is 3. The Balaban J connectivity index is 1.58. The second kappa shape index (κ2) is 7.40. The van der Waals surface area contributed by atoms with Gasteiger partial charge in [-0.1, -0.05) is 28.4 Å². The van der Waals surface area contributed by atoms with Crippen molar-refractivity contribution >= 4 is 29.1 Å². The number of likely N-dealkylation sites (tertiary alicyclic amines) is 1. The number of hydrogen-bond acceptors (Lipinski definition) is 5. The Hall–Kier alpha value is -1.79. The summed E-state index contributed by atoms with van der Waals surface area (Å²) in [5, 5.41) is 4.72. The van der Waals surface area contributed by atoms with Crippen LogP contribution in [0.15, 0.2) is 22.7 Å². The van der Waals surface area contributed by atoms with Crippen LogP contribution in [0.1, 0.15) is 30.5 Å². The van der Waals surface area contributed by atoms with Crippen LogP contribution in [0.5, 0.6) is 5.75 Å². The third-order valence-corrected chi connectivity index (χ3v) is 4.44. The van der Waals surface area contributed by atoms with Gasteiger partial charge in [0.25, 0.3) is 5.91 Å². The molecule has 1 atom stereocenters. The maximum Gasteiger partial charge on any atom is 0.260 e. The molecule has 0 spiro atoms. The molecule has 0 N–H and O–H groups in total. The third-order valence-electron chi connectivity index (χ3n) is 3.91. The van der Waals surface area contributed by atoms with Crippen LogP contribution in [0.2, 0.25) is 10.0 Å². The van der Waals surface area contributed by atoms with Gasteiger partial charge in [0, 0.05) is 18.1 Å². The van der Waals surface area contributed by atoms with Crippen LogP contribution in [-0.4, -0.2) is 40.6 Å². The first-order valence-electron chi connectivity index (χ1n) is 7.69. The number of rotatable bonds is 4. The minimum atomic E-state index is -0.0954. The van der Waals surface area contributed by atoms with Crippen LogP contribution in [-0.2, 0) is 4.79 Å². The first-order chi connectivity index (χ1) is 11.5. The highest BCUT2D eigenvalue weighted by molar-refractivity contribution is 6.35. The molecule has 6 nitrogen and oxygen atoms in total. The molecule has 0 unspecified atom stereocenters. The van der Waals surface area contributed by atoms with Gasteiger partial charge in [-0.2, -0.15) is 4.98 Å². The van der Waals surface area contributed by atoms with Crippen LogP contribution in [0, 0.1) is 6.92 Å². The number of aromatic nitrogens is 2. The van der Waals surface area contributed by atoms with Crippen LogP contribution < -0.4 is 4.74 Å². The van der Waals surface area contributed by atoms with Gasteiger partial charge in [-0.05, 0) is 38.0 Å². The molecule has 1 amide bonds. The number of carbonyl (C=O) groups is 1. The van der Waals surface area contributed by atoms with Crippen molar-refractivity contribution in [3.05, 3.63) is 40.0 Å². The lowest BCUT2D eigenvalue weighted by molar-refractivity contribution is -0.134. The van der Waals surface area contributed by atoms with Gasteiger partial charge in [0.1, 0.15) is 5.75 Å². The SMILES string of the molecule is Cc1noc([C@@H]2CCCN(C(=O)COc3ccc(Cl)cc3Cl)C2)n1. The van der Waals surface area contributed by atoms with Crippen molar-refractivity contribution in [1.29, 1.82) is 0 Å². The number of aryl methyl sites for hydroxylation is 1. The van der Waals surface area contributed by atoms with Gasteiger partial charge >= 0.3 is 0 Å². The maximum absolute atomic E-state index is 12.4. The van der Waals surface area contributed by atoms with Gasteiger partial charge in [0.2, 0.25) is 5.89 Å². The molecule has 0 bridgehead atoms. The van der Waals surface area contributed by atoms with E-state index in [1.165, 1.54) is 0 Å². The summed E-state index contributed by atoms with van der Waals surface area (Å²) in [5.41, 5.74) is 0. The predicted octanol–water partition coefficient (Wildman–Crippen LogP) is 3.47. The number of amides is 1. The van der Waals surface area contributed by atoms with Crippen LogP contribution in [0.4, 0.5) is 0 Å². The Bertz CT molecular complexity index is 735. The smallest absolute Gasteiger partial charge is 0.260 e. The van der Waals surface area contributed by atoms with E-state index in [0.717, 1.165) is 12.8 Å². The highest BCUT2D eigenvalue weighted by Gasteiger charge is 2.28. The molecule has 0 radical (unpaired) electrons. The molecule has 1 aromatic carbocycles. The van der Waals surface area contributed by atoms with Gasteiger partial charge in [0.15, 0.2) is 12.4 Å². The number of benzene rings is 1. The fourth-order valence-corrected chi connectivity index (χ4v) is 3.17. The highest BCUT2D eigenvalue weighted by Crippen LogP contribution is 2.28. The maximum atomic E-state index is 12.4. The molecule has 2 aromatic rings. The summed E-state index contributed by atoms with van der Waals surface area (Å²) >= 11 is 11.9. The normalized spacial score (nSPS) is 17.8. The van der Waals surface area contributed by atoms with Crippen molar-refractivity contribution in [3.8, 4) is 5.75 Å². The molecule has 1 aliphatic heterocycles. The number of carbonyl (C=O) groups excluding carboxylic acids is 1. The van der Waals surface area contributed by atoms with E-state index in [1.807, 2.05) is 0 Å². The van der Waals surface area contributed by atoms with Crippen molar-refractivity contribution in [1.82, 2.24) is 15.0 Å². The lowest BCUT2D eigenvalue weighted by Gasteiger charge is -2.31. The molecule has 3 rings (SSSR count). The number of piperidine rings is 1. The Morgan fingerprint density at radius 3 is 3.00 bits per heavy atom. The Morgan fingerprint density at radius 2 is 2.29 bits per heavy atom. The zero-order chi connectivity index (χ0) is 17.1. The third kappa shape index (κ3) is 3.99. The molecule has 1 aromatic heterocycles. The van der Waals surface area contributed by atoms with E-state index in [1.54, 1.807) is 30.0 Å². The second-order valence-electron chi connectivity index (χ2n) is 5.72. The summed E-state index contributed by atoms with van der Waals surface area (Å²) in [7, 11) is 0. The summed E-state index contributed by atoms with van der Waals surface area (Å²) in [6, 6.07) is 4.90. The standard InChI is InChI=1S/C16H17Cl2N3O3/c1-10-19-16(24-20-10)11-3-2-6-21(8-11)15(22)9-23-14-5-4-12(17)7-13(14)18/h4-5,7,11H,2-3,6,8-9H2,1H3/t11-/m1/s1. The summed E-state index contributed by atoms with van der Waals surface area (Å²) in [6.45, 7) is 2.96. The van der Waals surface area contributed by atoms with Gasteiger partial charge in [-0.3, -0.25) is 4.79 Å². The molecular formula is C16H17Cl2N3O3. The molecule has 1 fully saturated rings. The van der Waals surface area contributed by atoms with Gasteiger partial charge in [-0.25, -0.2) is 0 Å². The Morgan fingerprint density at radius 1 is 1.46 bits per heavy atom. The van der Waals surface area contributed by atoms with Crippen molar-refractivity contribution in [2.45, 2.75) is 25.7 Å². The number of ether oxygens (including phenoxy) is 1. The molecule has 24 heavy (non-hydrogen) atoms. The monoisotopic (exact) mass is 369 g/mol. The fourth-order valence-electron chi connectivity index (χ4n) is 2.71. The average molecular weight is 370 g/mol. The van der Waals surface area contributed by atoms with E-state index >= 15 is 0 Å².